The van der Waals surface area contributed by atoms with Crippen molar-refractivity contribution in [2.24, 2.45) is 0 Å². The average Bonchev–Trinajstić information content (AvgIpc) is 2.89. The van der Waals surface area contributed by atoms with Crippen LogP contribution in [0.25, 0.3) is 21.7 Å². The number of carbonyl (C=O) groups is 1. The van der Waals surface area contributed by atoms with Crippen molar-refractivity contribution in [3.8, 4) is 0 Å². The summed E-state index contributed by atoms with van der Waals surface area (Å²) >= 11 is 0. The molecule has 2 aliphatic rings. The fourth-order valence-electron chi connectivity index (χ4n) is 3.47. The van der Waals surface area contributed by atoms with Gasteiger partial charge in [-0.2, -0.15) is 0 Å². The number of hydrogen-bond donors (Lipinski definition) is 2. The molecule has 106 valence electrons. The first kappa shape index (κ1) is 11.7. The molecule has 0 fully saturated rings. The van der Waals surface area contributed by atoms with Gasteiger partial charge in [0.25, 0.3) is 5.91 Å². The van der Waals surface area contributed by atoms with Gasteiger partial charge < -0.3 is 10.3 Å². The van der Waals surface area contributed by atoms with E-state index < -0.39 is 0 Å². The van der Waals surface area contributed by atoms with E-state index in [1.807, 2.05) is 30.5 Å². The highest BCUT2D eigenvalue weighted by atomic mass is 16.1. The van der Waals surface area contributed by atoms with Gasteiger partial charge in [0.1, 0.15) is 0 Å². The molecule has 22 heavy (non-hydrogen) atoms. The number of nitrogens with zero attached hydrogens (tertiary/aromatic N) is 1. The van der Waals surface area contributed by atoms with Crippen LogP contribution in [-0.2, 0) is 0 Å². The maximum atomic E-state index is 12.4. The molecule has 0 saturated carbocycles. The number of aromatic nitrogens is 2. The van der Waals surface area contributed by atoms with Crippen molar-refractivity contribution in [1.29, 1.82) is 0 Å². The van der Waals surface area contributed by atoms with Crippen LogP contribution in [0, 0.1) is 0 Å². The zero-order valence-corrected chi connectivity index (χ0v) is 11.8. The van der Waals surface area contributed by atoms with Crippen molar-refractivity contribution in [3.05, 3.63) is 65.7 Å². The van der Waals surface area contributed by atoms with Gasteiger partial charge in [-0.15, -0.1) is 0 Å². The highest BCUT2D eigenvalue weighted by molar-refractivity contribution is 6.15. The van der Waals surface area contributed by atoms with Gasteiger partial charge in [0.2, 0.25) is 0 Å². The van der Waals surface area contributed by atoms with Crippen LogP contribution in [0.15, 0.2) is 54.4 Å². The molecule has 0 bridgehead atoms. The van der Waals surface area contributed by atoms with Gasteiger partial charge >= 0.3 is 0 Å². The zero-order valence-electron chi connectivity index (χ0n) is 11.8. The molecule has 0 spiro atoms. The van der Waals surface area contributed by atoms with Gasteiger partial charge in [0.15, 0.2) is 0 Å². The standard InChI is InChI=1S/C18H13N3O/c22-18-15-13-5-4-11-8-19-7-6-12(11)16(13)21-17(15)14(9-20-18)10-2-1-3-10/h1-8,14,21H,9H2,(H,20,22). The molecule has 1 unspecified atom stereocenters. The minimum absolute atomic E-state index is 0.00908. The van der Waals surface area contributed by atoms with Crippen LogP contribution in [0.1, 0.15) is 22.0 Å². The third-order valence-electron chi connectivity index (χ3n) is 4.64. The summed E-state index contributed by atoms with van der Waals surface area (Å²) in [5.74, 6) is 0.219. The molecule has 0 saturated heterocycles. The fourth-order valence-corrected chi connectivity index (χ4v) is 3.47. The Morgan fingerprint density at radius 1 is 1.18 bits per heavy atom. The third-order valence-corrected chi connectivity index (χ3v) is 4.64. The van der Waals surface area contributed by atoms with E-state index in [0.717, 1.165) is 32.9 Å². The number of pyridine rings is 1. The van der Waals surface area contributed by atoms with Gasteiger partial charge in [0.05, 0.1) is 11.1 Å². The number of nitrogens with one attached hydrogen (secondary N) is 2. The second-order valence-electron chi connectivity index (χ2n) is 5.79. The van der Waals surface area contributed by atoms with Crippen LogP contribution in [0.4, 0.5) is 0 Å². The van der Waals surface area contributed by atoms with Gasteiger partial charge in [-0.3, -0.25) is 9.78 Å². The molecule has 3 heterocycles. The minimum Gasteiger partial charge on any atom is -0.357 e. The van der Waals surface area contributed by atoms with Crippen LogP contribution in [-0.4, -0.2) is 22.4 Å². The van der Waals surface area contributed by atoms with E-state index in [4.69, 9.17) is 0 Å². The summed E-state index contributed by atoms with van der Waals surface area (Å²) < 4.78 is 0. The maximum absolute atomic E-state index is 12.4. The van der Waals surface area contributed by atoms with Crippen molar-refractivity contribution < 1.29 is 4.79 Å². The van der Waals surface area contributed by atoms with Crippen LogP contribution >= 0.6 is 0 Å². The summed E-state index contributed by atoms with van der Waals surface area (Å²) in [7, 11) is 0. The predicted octanol–water partition coefficient (Wildman–Crippen LogP) is 3.04. The Morgan fingerprint density at radius 2 is 2.09 bits per heavy atom. The Kier molecular flexibility index (Phi) is 2.17. The van der Waals surface area contributed by atoms with Crippen molar-refractivity contribution in [2.45, 2.75) is 5.92 Å². The van der Waals surface area contributed by atoms with E-state index >= 15 is 0 Å². The van der Waals surface area contributed by atoms with Crippen LogP contribution in [0.5, 0.6) is 0 Å². The highest BCUT2D eigenvalue weighted by Gasteiger charge is 2.31. The normalized spacial score (nSPS) is 19.7. The van der Waals surface area contributed by atoms with Gasteiger partial charge in [-0.1, -0.05) is 30.4 Å². The summed E-state index contributed by atoms with van der Waals surface area (Å²) in [5, 5.41) is 6.18. The quantitative estimate of drug-likeness (QED) is 0.722. The monoisotopic (exact) mass is 287 g/mol. The first-order valence-corrected chi connectivity index (χ1v) is 7.38. The van der Waals surface area contributed by atoms with Crippen LogP contribution in [0.3, 0.4) is 0 Å². The number of carbonyl (C=O) groups excluding carboxylic acids is 1. The van der Waals surface area contributed by atoms with E-state index in [2.05, 4.69) is 27.4 Å². The van der Waals surface area contributed by atoms with E-state index in [-0.39, 0.29) is 11.8 Å². The van der Waals surface area contributed by atoms with E-state index in [9.17, 15) is 4.79 Å². The Balaban J connectivity index is 1.86. The molecule has 1 aromatic carbocycles. The van der Waals surface area contributed by atoms with Crippen molar-refractivity contribution in [2.75, 3.05) is 6.54 Å². The smallest absolute Gasteiger partial charge is 0.253 e. The molecule has 4 nitrogen and oxygen atoms in total. The number of H-pyrrole nitrogens is 1. The summed E-state index contributed by atoms with van der Waals surface area (Å²) in [6.45, 7) is 0.647. The number of benzene rings is 1. The first-order chi connectivity index (χ1) is 10.8. The lowest BCUT2D eigenvalue weighted by Crippen LogP contribution is -2.35. The highest BCUT2D eigenvalue weighted by Crippen LogP contribution is 2.38. The number of aromatic amines is 1. The van der Waals surface area contributed by atoms with E-state index in [1.54, 1.807) is 6.20 Å². The molecular weight excluding hydrogens is 274 g/mol. The second kappa shape index (κ2) is 4.07. The van der Waals surface area contributed by atoms with Crippen molar-refractivity contribution in [1.82, 2.24) is 15.3 Å². The lowest BCUT2D eigenvalue weighted by Gasteiger charge is -2.26. The summed E-state index contributed by atoms with van der Waals surface area (Å²) in [6, 6.07) is 6.04. The number of allylic oxidation sites excluding steroid dienone is 3. The molecule has 1 aliphatic carbocycles. The molecule has 0 radical (unpaired) electrons. The first-order valence-electron chi connectivity index (χ1n) is 7.38. The molecule has 4 heteroatoms. The minimum atomic E-state index is 0.00908. The Morgan fingerprint density at radius 3 is 2.91 bits per heavy atom. The number of fused-ring (bicyclic) bond motifs is 5. The SMILES string of the molecule is O=C1NCC(C2=CC=C2)c2[nH]c3c(ccc4cnccc43)c21. The Hall–Kier alpha value is -2.88. The summed E-state index contributed by atoms with van der Waals surface area (Å²) in [4.78, 5) is 20.1. The van der Waals surface area contributed by atoms with E-state index in [0.29, 0.717) is 6.54 Å². The van der Waals surface area contributed by atoms with Crippen LogP contribution < -0.4 is 5.32 Å². The fraction of sp³-hybridized carbons (Fsp3) is 0.111. The van der Waals surface area contributed by atoms with Gasteiger partial charge in [-0.05, 0) is 11.6 Å². The topological polar surface area (TPSA) is 57.8 Å². The summed E-state index contributed by atoms with van der Waals surface area (Å²) in [6.07, 6.45) is 9.90. The number of rotatable bonds is 1. The number of amides is 1. The zero-order chi connectivity index (χ0) is 14.7. The molecule has 2 aromatic heterocycles. The average molecular weight is 287 g/mol. The van der Waals surface area contributed by atoms with Crippen LogP contribution in [0.2, 0.25) is 0 Å². The Labute approximate surface area is 126 Å². The van der Waals surface area contributed by atoms with Crippen molar-refractivity contribution in [3.63, 3.8) is 0 Å². The number of hydrogen-bond acceptors (Lipinski definition) is 2. The van der Waals surface area contributed by atoms with E-state index in [1.165, 1.54) is 5.57 Å². The van der Waals surface area contributed by atoms with Gasteiger partial charge in [0, 0.05) is 46.7 Å². The van der Waals surface area contributed by atoms with Crippen molar-refractivity contribution >= 4 is 27.6 Å². The second-order valence-corrected chi connectivity index (χ2v) is 5.79. The lowest BCUT2D eigenvalue weighted by atomic mass is 9.86. The maximum Gasteiger partial charge on any atom is 0.253 e. The molecule has 1 amide bonds. The molecule has 1 atom stereocenters. The summed E-state index contributed by atoms with van der Waals surface area (Å²) in [5.41, 5.74) is 4.10. The molecule has 1 aliphatic heterocycles. The molecule has 3 aromatic rings. The largest absolute Gasteiger partial charge is 0.357 e. The Bertz CT molecular complexity index is 1010. The lowest BCUT2D eigenvalue weighted by molar-refractivity contribution is 0.0944. The third kappa shape index (κ3) is 1.41. The van der Waals surface area contributed by atoms with Gasteiger partial charge in [-0.25, -0.2) is 0 Å². The molecule has 2 N–H and O–H groups in total. The molecule has 5 rings (SSSR count). The molecular formula is C18H13N3O. The predicted molar refractivity (Wildman–Crippen MR) is 85.9 cm³/mol.